The van der Waals surface area contributed by atoms with E-state index in [-0.39, 0.29) is 22.8 Å². The zero-order chi connectivity index (χ0) is 16.8. The second-order valence-corrected chi connectivity index (χ2v) is 5.63. The van der Waals surface area contributed by atoms with Crippen LogP contribution < -0.4 is 5.43 Å². The first-order chi connectivity index (χ1) is 11.0. The number of rotatable bonds is 5. The van der Waals surface area contributed by atoms with Gasteiger partial charge in [-0.1, -0.05) is 12.1 Å². The van der Waals surface area contributed by atoms with Crippen LogP contribution in [0.4, 0.5) is 8.78 Å². The predicted molar refractivity (Wildman–Crippen MR) is 85.5 cm³/mol. The Morgan fingerprint density at radius 1 is 1.26 bits per heavy atom. The van der Waals surface area contributed by atoms with Crippen molar-refractivity contribution in [3.05, 3.63) is 59.7 Å². The van der Waals surface area contributed by atoms with Gasteiger partial charge in [0.05, 0.1) is 11.5 Å². The van der Waals surface area contributed by atoms with Crippen molar-refractivity contribution in [3.63, 3.8) is 0 Å². The third kappa shape index (κ3) is 4.79. The SMILES string of the molecule is C/C(=N\NC(=O)CSc1ccccc1F)c1cc(F)ccc1O. The first-order valence-corrected chi connectivity index (χ1v) is 7.65. The van der Waals surface area contributed by atoms with E-state index in [4.69, 9.17) is 0 Å². The lowest BCUT2D eigenvalue weighted by molar-refractivity contribution is -0.118. The van der Waals surface area contributed by atoms with Gasteiger partial charge in [-0.2, -0.15) is 5.10 Å². The van der Waals surface area contributed by atoms with Crippen LogP contribution in [0.3, 0.4) is 0 Å². The number of halogens is 2. The van der Waals surface area contributed by atoms with Gasteiger partial charge in [0.1, 0.15) is 17.4 Å². The Labute approximate surface area is 136 Å². The van der Waals surface area contributed by atoms with Gasteiger partial charge in [-0.3, -0.25) is 4.79 Å². The molecule has 0 bridgehead atoms. The van der Waals surface area contributed by atoms with Crippen LogP contribution >= 0.6 is 11.8 Å². The molecule has 1 amide bonds. The van der Waals surface area contributed by atoms with Crippen LogP contribution in [0.1, 0.15) is 12.5 Å². The first kappa shape index (κ1) is 17.0. The van der Waals surface area contributed by atoms with Crippen LogP contribution in [0, 0.1) is 11.6 Å². The zero-order valence-electron chi connectivity index (χ0n) is 12.2. The van der Waals surface area contributed by atoms with Crippen LogP contribution in [0.25, 0.3) is 0 Å². The molecular formula is C16H14F2N2O2S. The Balaban J connectivity index is 1.95. The highest BCUT2D eigenvalue weighted by atomic mass is 32.2. The molecule has 2 aromatic rings. The lowest BCUT2D eigenvalue weighted by Crippen LogP contribution is -2.21. The Hall–Kier alpha value is -2.41. The molecule has 23 heavy (non-hydrogen) atoms. The van der Waals surface area contributed by atoms with Crippen LogP contribution in [-0.4, -0.2) is 22.5 Å². The minimum atomic E-state index is -0.520. The van der Waals surface area contributed by atoms with E-state index in [1.54, 1.807) is 18.2 Å². The van der Waals surface area contributed by atoms with E-state index in [9.17, 15) is 18.7 Å². The van der Waals surface area contributed by atoms with E-state index in [2.05, 4.69) is 10.5 Å². The van der Waals surface area contributed by atoms with Gasteiger partial charge in [-0.25, -0.2) is 14.2 Å². The minimum Gasteiger partial charge on any atom is -0.507 e. The largest absolute Gasteiger partial charge is 0.507 e. The quantitative estimate of drug-likeness (QED) is 0.500. The Morgan fingerprint density at radius 3 is 2.74 bits per heavy atom. The average Bonchev–Trinajstić information content (AvgIpc) is 2.54. The highest BCUT2D eigenvalue weighted by Gasteiger charge is 2.08. The Morgan fingerprint density at radius 2 is 2.00 bits per heavy atom. The molecule has 0 aliphatic rings. The van der Waals surface area contributed by atoms with Gasteiger partial charge in [0.25, 0.3) is 0 Å². The van der Waals surface area contributed by atoms with Gasteiger partial charge in [0.15, 0.2) is 0 Å². The van der Waals surface area contributed by atoms with Crippen molar-refractivity contribution < 1.29 is 18.7 Å². The molecule has 0 atom stereocenters. The fraction of sp³-hybridized carbons (Fsp3) is 0.125. The second kappa shape index (κ2) is 7.73. The number of carbonyl (C=O) groups is 1. The molecule has 0 radical (unpaired) electrons. The standard InChI is InChI=1S/C16H14F2N2O2S/c1-10(12-8-11(17)6-7-14(12)21)19-20-16(22)9-23-15-5-3-2-4-13(15)18/h2-8,21H,9H2,1H3,(H,20,22)/b19-10+. The summed E-state index contributed by atoms with van der Waals surface area (Å²) < 4.78 is 26.6. The van der Waals surface area contributed by atoms with E-state index in [0.29, 0.717) is 4.90 Å². The number of phenols is 1. The van der Waals surface area contributed by atoms with Crippen molar-refractivity contribution in [2.24, 2.45) is 5.10 Å². The van der Waals surface area contributed by atoms with Gasteiger partial charge in [0.2, 0.25) is 5.91 Å². The molecule has 0 unspecified atom stereocenters. The molecule has 0 saturated heterocycles. The molecular weight excluding hydrogens is 322 g/mol. The third-order valence-corrected chi connectivity index (χ3v) is 3.94. The first-order valence-electron chi connectivity index (χ1n) is 6.66. The summed E-state index contributed by atoms with van der Waals surface area (Å²) in [6.45, 7) is 1.53. The summed E-state index contributed by atoms with van der Waals surface area (Å²) in [7, 11) is 0. The van der Waals surface area contributed by atoms with E-state index >= 15 is 0 Å². The lowest BCUT2D eigenvalue weighted by Gasteiger charge is -2.05. The number of thioether (sulfide) groups is 1. The Kier molecular flexibility index (Phi) is 5.70. The Bertz CT molecular complexity index is 751. The molecule has 0 saturated carbocycles. The van der Waals surface area contributed by atoms with Gasteiger partial charge in [-0.15, -0.1) is 11.8 Å². The summed E-state index contributed by atoms with van der Waals surface area (Å²) in [5.41, 5.74) is 2.73. The topological polar surface area (TPSA) is 61.7 Å². The monoisotopic (exact) mass is 336 g/mol. The van der Waals surface area contributed by atoms with E-state index in [1.807, 2.05) is 0 Å². The number of benzene rings is 2. The molecule has 2 N–H and O–H groups in total. The van der Waals surface area contributed by atoms with Gasteiger partial charge in [0, 0.05) is 10.5 Å². The molecule has 0 heterocycles. The molecule has 0 aliphatic heterocycles. The predicted octanol–water partition coefficient (Wildman–Crippen LogP) is 3.30. The molecule has 2 aromatic carbocycles. The lowest BCUT2D eigenvalue weighted by atomic mass is 10.1. The summed E-state index contributed by atoms with van der Waals surface area (Å²) in [6, 6.07) is 9.59. The van der Waals surface area contributed by atoms with Crippen LogP contribution in [0.15, 0.2) is 52.5 Å². The second-order valence-electron chi connectivity index (χ2n) is 4.61. The van der Waals surface area contributed by atoms with Crippen molar-refractivity contribution in [3.8, 4) is 5.75 Å². The number of phenolic OH excluding ortho intramolecular Hbond substituents is 1. The number of carbonyl (C=O) groups excluding carboxylic acids is 1. The molecule has 0 fully saturated rings. The van der Waals surface area contributed by atoms with Gasteiger partial charge >= 0.3 is 0 Å². The molecule has 7 heteroatoms. The normalized spacial score (nSPS) is 11.3. The van der Waals surface area contributed by atoms with E-state index in [1.165, 1.54) is 19.1 Å². The summed E-state index contributed by atoms with van der Waals surface area (Å²) in [5, 5.41) is 13.5. The maximum Gasteiger partial charge on any atom is 0.250 e. The van der Waals surface area contributed by atoms with Crippen molar-refractivity contribution in [1.29, 1.82) is 0 Å². The molecule has 0 aromatic heterocycles. The van der Waals surface area contributed by atoms with Crippen molar-refractivity contribution in [2.75, 3.05) is 5.75 Å². The number of aromatic hydroxyl groups is 1. The highest BCUT2D eigenvalue weighted by molar-refractivity contribution is 8.00. The number of amides is 1. The average molecular weight is 336 g/mol. The van der Waals surface area contributed by atoms with Gasteiger partial charge in [-0.05, 0) is 37.3 Å². The number of nitrogens with zero attached hydrogens (tertiary/aromatic N) is 1. The summed E-state index contributed by atoms with van der Waals surface area (Å²) >= 11 is 1.04. The van der Waals surface area contributed by atoms with Gasteiger partial charge < -0.3 is 5.11 Å². The number of nitrogens with one attached hydrogen (secondary N) is 1. The maximum absolute atomic E-state index is 13.4. The number of hydrogen-bond acceptors (Lipinski definition) is 4. The molecule has 120 valence electrons. The van der Waals surface area contributed by atoms with Crippen LogP contribution in [0.2, 0.25) is 0 Å². The number of hydrogen-bond donors (Lipinski definition) is 2. The van der Waals surface area contributed by atoms with E-state index < -0.39 is 17.5 Å². The third-order valence-electron chi connectivity index (χ3n) is 2.89. The van der Waals surface area contributed by atoms with Crippen molar-refractivity contribution >= 4 is 23.4 Å². The zero-order valence-corrected chi connectivity index (χ0v) is 13.0. The molecule has 0 spiro atoms. The highest BCUT2D eigenvalue weighted by Crippen LogP contribution is 2.21. The fourth-order valence-corrected chi connectivity index (χ4v) is 2.47. The number of hydrazone groups is 1. The maximum atomic E-state index is 13.4. The molecule has 2 rings (SSSR count). The van der Waals surface area contributed by atoms with E-state index in [0.717, 1.165) is 23.9 Å². The minimum absolute atomic E-state index is 0.0210. The summed E-state index contributed by atoms with van der Waals surface area (Å²) in [6.07, 6.45) is 0. The fourth-order valence-electron chi connectivity index (χ4n) is 1.74. The molecule has 0 aliphatic carbocycles. The smallest absolute Gasteiger partial charge is 0.250 e. The van der Waals surface area contributed by atoms with Crippen molar-refractivity contribution in [2.45, 2.75) is 11.8 Å². The summed E-state index contributed by atoms with van der Waals surface area (Å²) in [5.74, 6) is -1.51. The van der Waals surface area contributed by atoms with Crippen LogP contribution in [-0.2, 0) is 4.79 Å². The van der Waals surface area contributed by atoms with Crippen LogP contribution in [0.5, 0.6) is 5.75 Å². The van der Waals surface area contributed by atoms with Crippen molar-refractivity contribution in [1.82, 2.24) is 5.43 Å². The molecule has 4 nitrogen and oxygen atoms in total. The summed E-state index contributed by atoms with van der Waals surface area (Å²) in [4.78, 5) is 12.1.